The lowest BCUT2D eigenvalue weighted by molar-refractivity contribution is 0.0623. The Labute approximate surface area is 156 Å². The van der Waals surface area contributed by atoms with Gasteiger partial charge in [-0.3, -0.25) is 4.79 Å². The van der Waals surface area contributed by atoms with Gasteiger partial charge in [-0.25, -0.2) is 13.1 Å². The summed E-state index contributed by atoms with van der Waals surface area (Å²) in [5.41, 5.74) is 0.532. The van der Waals surface area contributed by atoms with Crippen molar-refractivity contribution in [2.75, 3.05) is 26.2 Å². The van der Waals surface area contributed by atoms with Crippen LogP contribution in [0.2, 0.25) is 0 Å². The maximum absolute atomic E-state index is 12.7. The standard InChI is InChI=1S/C19H28N2O4S/c1-14-10-15(2)13-21(12-14)19(22)16-5-7-18(8-6-16)26(23,24)20-11-17-4-3-9-25-17/h5-8,14-15,17,20H,3-4,9-13H2,1-2H3. The molecule has 6 nitrogen and oxygen atoms in total. The number of carbonyl (C=O) groups excluding carboxylic acids is 1. The van der Waals surface area contributed by atoms with Crippen molar-refractivity contribution in [2.24, 2.45) is 11.8 Å². The molecular formula is C19H28N2O4S. The summed E-state index contributed by atoms with van der Waals surface area (Å²) in [5, 5.41) is 0. The van der Waals surface area contributed by atoms with Crippen molar-refractivity contribution in [3.63, 3.8) is 0 Å². The van der Waals surface area contributed by atoms with Gasteiger partial charge in [-0.2, -0.15) is 0 Å². The molecule has 0 spiro atoms. The Morgan fingerprint density at radius 1 is 1.19 bits per heavy atom. The highest BCUT2D eigenvalue weighted by Gasteiger charge is 2.26. The fourth-order valence-corrected chi connectivity index (χ4v) is 4.95. The topological polar surface area (TPSA) is 75.7 Å². The molecule has 3 atom stereocenters. The molecule has 2 fully saturated rings. The largest absolute Gasteiger partial charge is 0.377 e. The summed E-state index contributed by atoms with van der Waals surface area (Å²) in [4.78, 5) is 14.7. The zero-order chi connectivity index (χ0) is 18.7. The number of nitrogens with one attached hydrogen (secondary N) is 1. The normalized spacial score (nSPS) is 26.8. The highest BCUT2D eigenvalue weighted by Crippen LogP contribution is 2.23. The van der Waals surface area contributed by atoms with Gasteiger partial charge in [0.25, 0.3) is 5.91 Å². The fourth-order valence-electron chi connectivity index (χ4n) is 3.88. The Morgan fingerprint density at radius 2 is 1.85 bits per heavy atom. The van der Waals surface area contributed by atoms with Gasteiger partial charge in [0.2, 0.25) is 10.0 Å². The van der Waals surface area contributed by atoms with E-state index in [0.717, 1.165) is 32.4 Å². The molecular weight excluding hydrogens is 352 g/mol. The molecule has 2 saturated heterocycles. The number of ether oxygens (including phenoxy) is 1. The van der Waals surface area contributed by atoms with Crippen molar-refractivity contribution in [1.29, 1.82) is 0 Å². The Balaban J connectivity index is 1.64. The smallest absolute Gasteiger partial charge is 0.253 e. The first kappa shape index (κ1) is 19.3. The highest BCUT2D eigenvalue weighted by molar-refractivity contribution is 7.89. The van der Waals surface area contributed by atoms with Crippen LogP contribution in [0.3, 0.4) is 0 Å². The second-order valence-electron chi connectivity index (χ2n) is 7.67. The van der Waals surface area contributed by atoms with E-state index in [1.807, 2.05) is 4.90 Å². The van der Waals surface area contributed by atoms with E-state index in [1.54, 1.807) is 12.1 Å². The van der Waals surface area contributed by atoms with Crippen molar-refractivity contribution in [3.05, 3.63) is 29.8 Å². The van der Waals surface area contributed by atoms with Crippen LogP contribution >= 0.6 is 0 Å². The van der Waals surface area contributed by atoms with E-state index in [4.69, 9.17) is 4.74 Å². The van der Waals surface area contributed by atoms with Crippen LogP contribution in [-0.2, 0) is 14.8 Å². The number of benzene rings is 1. The van der Waals surface area contributed by atoms with Gasteiger partial charge in [0.1, 0.15) is 0 Å². The van der Waals surface area contributed by atoms with Crippen molar-refractivity contribution >= 4 is 15.9 Å². The molecule has 144 valence electrons. The van der Waals surface area contributed by atoms with Crippen LogP contribution < -0.4 is 4.72 Å². The average Bonchev–Trinajstić information content (AvgIpc) is 3.12. The molecule has 0 radical (unpaired) electrons. The predicted octanol–water partition coefficient (Wildman–Crippen LogP) is 2.26. The number of hydrogen-bond acceptors (Lipinski definition) is 4. The summed E-state index contributed by atoms with van der Waals surface area (Å²) in [6, 6.07) is 6.21. The maximum atomic E-state index is 12.7. The second kappa shape index (κ2) is 8.06. The fraction of sp³-hybridized carbons (Fsp3) is 0.632. The van der Waals surface area contributed by atoms with Crippen LogP contribution in [0.1, 0.15) is 43.5 Å². The maximum Gasteiger partial charge on any atom is 0.253 e. The summed E-state index contributed by atoms with van der Waals surface area (Å²) in [6.45, 7) is 6.80. The number of likely N-dealkylation sites (tertiary alicyclic amines) is 1. The number of amides is 1. The Hall–Kier alpha value is -1.44. The van der Waals surface area contributed by atoms with Crippen LogP contribution in [0.5, 0.6) is 0 Å². The van der Waals surface area contributed by atoms with Gasteiger partial charge in [-0.15, -0.1) is 0 Å². The Kier molecular flexibility index (Phi) is 5.99. The monoisotopic (exact) mass is 380 g/mol. The number of piperidine rings is 1. The lowest BCUT2D eigenvalue weighted by atomic mass is 9.91. The first-order chi connectivity index (χ1) is 12.3. The van der Waals surface area contributed by atoms with Gasteiger partial charge in [0.15, 0.2) is 0 Å². The van der Waals surface area contributed by atoms with Gasteiger partial charge in [-0.1, -0.05) is 13.8 Å². The van der Waals surface area contributed by atoms with Crippen LogP contribution in [-0.4, -0.2) is 51.6 Å². The lowest BCUT2D eigenvalue weighted by Gasteiger charge is -2.35. The van der Waals surface area contributed by atoms with Crippen LogP contribution in [0.4, 0.5) is 0 Å². The number of rotatable bonds is 5. The molecule has 0 bridgehead atoms. The number of carbonyl (C=O) groups is 1. The SMILES string of the molecule is CC1CC(C)CN(C(=O)c2ccc(S(=O)(=O)NCC3CCCO3)cc2)C1. The van der Waals surface area contributed by atoms with Gasteiger partial charge < -0.3 is 9.64 Å². The summed E-state index contributed by atoms with van der Waals surface area (Å²) >= 11 is 0. The van der Waals surface area contributed by atoms with E-state index in [2.05, 4.69) is 18.6 Å². The Morgan fingerprint density at radius 3 is 2.42 bits per heavy atom. The summed E-state index contributed by atoms with van der Waals surface area (Å²) in [6.07, 6.45) is 2.94. The van der Waals surface area contributed by atoms with Crippen LogP contribution in [0.25, 0.3) is 0 Å². The molecule has 1 N–H and O–H groups in total. The van der Waals surface area contributed by atoms with Crippen molar-refractivity contribution in [2.45, 2.75) is 44.1 Å². The van der Waals surface area contributed by atoms with E-state index in [0.29, 0.717) is 24.0 Å². The van der Waals surface area contributed by atoms with Gasteiger partial charge in [0.05, 0.1) is 11.0 Å². The van der Waals surface area contributed by atoms with Gasteiger partial charge in [-0.05, 0) is 55.4 Å². The summed E-state index contributed by atoms with van der Waals surface area (Å²) < 4.78 is 32.8. The number of sulfonamides is 1. The third kappa shape index (κ3) is 4.64. The third-order valence-corrected chi connectivity index (χ3v) is 6.53. The molecule has 2 heterocycles. The molecule has 0 aliphatic carbocycles. The third-order valence-electron chi connectivity index (χ3n) is 5.09. The lowest BCUT2D eigenvalue weighted by Crippen LogP contribution is -2.42. The van der Waals surface area contributed by atoms with Crippen LogP contribution in [0, 0.1) is 11.8 Å². The first-order valence-electron chi connectivity index (χ1n) is 9.36. The molecule has 0 saturated carbocycles. The highest BCUT2D eigenvalue weighted by atomic mass is 32.2. The molecule has 1 amide bonds. The number of hydrogen-bond donors (Lipinski definition) is 1. The zero-order valence-corrected chi connectivity index (χ0v) is 16.3. The van der Waals surface area contributed by atoms with E-state index < -0.39 is 10.0 Å². The second-order valence-corrected chi connectivity index (χ2v) is 9.43. The molecule has 2 aliphatic heterocycles. The van der Waals surface area contributed by atoms with Crippen molar-refractivity contribution < 1.29 is 17.9 Å². The van der Waals surface area contributed by atoms with Gasteiger partial charge >= 0.3 is 0 Å². The van der Waals surface area contributed by atoms with E-state index >= 15 is 0 Å². The minimum Gasteiger partial charge on any atom is -0.377 e. The Bertz CT molecular complexity index is 716. The quantitative estimate of drug-likeness (QED) is 0.850. The average molecular weight is 381 g/mol. The van der Waals surface area contributed by atoms with Crippen molar-refractivity contribution in [3.8, 4) is 0 Å². The van der Waals surface area contributed by atoms with Crippen LogP contribution in [0.15, 0.2) is 29.2 Å². The molecule has 1 aromatic carbocycles. The molecule has 7 heteroatoms. The van der Waals surface area contributed by atoms with E-state index in [9.17, 15) is 13.2 Å². The first-order valence-corrected chi connectivity index (χ1v) is 10.8. The van der Waals surface area contributed by atoms with E-state index in [-0.39, 0.29) is 23.5 Å². The summed E-state index contributed by atoms with van der Waals surface area (Å²) in [7, 11) is -3.59. The minimum absolute atomic E-state index is 0.0281. The molecule has 0 aromatic heterocycles. The number of nitrogens with zero attached hydrogens (tertiary/aromatic N) is 1. The van der Waals surface area contributed by atoms with Crippen molar-refractivity contribution in [1.82, 2.24) is 9.62 Å². The molecule has 3 rings (SSSR count). The molecule has 26 heavy (non-hydrogen) atoms. The summed E-state index contributed by atoms with van der Waals surface area (Å²) in [5.74, 6) is 0.952. The molecule has 3 unspecified atom stereocenters. The molecule has 2 aliphatic rings. The minimum atomic E-state index is -3.59. The van der Waals surface area contributed by atoms with Gasteiger partial charge in [0, 0.05) is 31.8 Å². The van der Waals surface area contributed by atoms with E-state index in [1.165, 1.54) is 12.1 Å². The molecule has 1 aromatic rings. The predicted molar refractivity (Wildman–Crippen MR) is 99.5 cm³/mol. The zero-order valence-electron chi connectivity index (χ0n) is 15.5.